The number of aryl methyl sites for hydroxylation is 2. The molecule has 32 heteroatoms. The van der Waals surface area contributed by atoms with Crippen LogP contribution in [0.5, 0.6) is 17.2 Å². The van der Waals surface area contributed by atoms with Gasteiger partial charge in [-0.05, 0) is 258 Å². The molecule has 7 amide bonds. The van der Waals surface area contributed by atoms with Crippen molar-refractivity contribution in [2.45, 2.75) is 290 Å². The van der Waals surface area contributed by atoms with Gasteiger partial charge in [-0.25, -0.2) is 19.2 Å². The number of ether oxygens (including phenoxy) is 6. The van der Waals surface area contributed by atoms with Gasteiger partial charge in [0, 0.05) is 117 Å². The largest absolute Gasteiger partial charge is 0.514 e. The Balaban J connectivity index is 0.000000226. The molecule has 6 aliphatic rings. The number of nitrogens with one attached hydrogen (secondary N) is 7. The number of nitrogens with two attached hydrogens (primary N) is 2. The van der Waals surface area contributed by atoms with Crippen LogP contribution in [0.4, 0.5) is 20.1 Å². The maximum Gasteiger partial charge on any atom is 0.514 e. The predicted octanol–water partition coefficient (Wildman–Crippen LogP) is 18.8. The summed E-state index contributed by atoms with van der Waals surface area (Å²) in [6.45, 7) is 14.7. The fraction of sp³-hybridized carbons (Fsp3) is 0.526. The lowest BCUT2D eigenvalue weighted by Crippen LogP contribution is -2.45. The highest BCUT2D eigenvalue weighted by Crippen LogP contribution is 2.63. The number of halogens is 1. The number of ketones is 2. The van der Waals surface area contributed by atoms with E-state index in [1.54, 1.807) is 36.4 Å². The molecule has 0 bridgehead atoms. The van der Waals surface area contributed by atoms with Crippen LogP contribution in [0.2, 0.25) is 5.02 Å². The molecule has 14 atom stereocenters. The quantitative estimate of drug-likeness (QED) is 0.00247. The fourth-order valence-corrected chi connectivity index (χ4v) is 22.1. The average Bonchev–Trinajstić information content (AvgIpc) is 1.54. The summed E-state index contributed by atoms with van der Waals surface area (Å²) in [6, 6.07) is 50.2. The monoisotopic (exact) mass is 2030 g/mol. The number of unbranched alkanes of at least 4 members (excludes halogenated alkanes) is 6. The summed E-state index contributed by atoms with van der Waals surface area (Å²) in [6.07, 6.45) is 17.9. The number of carbonyl (C=O) groups is 12. The van der Waals surface area contributed by atoms with Gasteiger partial charge in [0.15, 0.2) is 18.3 Å². The number of hydrogen-bond donors (Lipinski definition) is 10. The molecule has 0 aliphatic heterocycles. The average molecular weight is 2030 g/mol. The number of alkyl carbamates (subject to hydrolysis) is 1. The number of nitro groups is 1. The Kier molecular flexibility index (Phi) is 47.3. The van der Waals surface area contributed by atoms with Crippen molar-refractivity contribution in [2.75, 3.05) is 46.0 Å². The number of nitrogens with zero attached hydrogens (tertiary/aromatic N) is 1. The molecule has 0 saturated heterocycles. The highest BCUT2D eigenvalue weighted by atomic mass is 35.5. The Bertz CT molecular complexity index is 5410. The van der Waals surface area contributed by atoms with Crippen LogP contribution in [0.1, 0.15) is 282 Å². The summed E-state index contributed by atoms with van der Waals surface area (Å²) >= 11 is 6.10. The highest BCUT2D eigenvalue weighted by molar-refractivity contribution is 6.31. The minimum absolute atomic E-state index is 0.0140. The summed E-state index contributed by atoms with van der Waals surface area (Å²) in [5.74, 6) is -0.434. The van der Waals surface area contributed by atoms with Gasteiger partial charge in [-0.3, -0.25) is 48.5 Å². The molecule has 13 rings (SSSR count). The van der Waals surface area contributed by atoms with Gasteiger partial charge in [-0.2, -0.15) is 0 Å². The Hall–Kier alpha value is -12.6. The van der Waals surface area contributed by atoms with Crippen LogP contribution in [-0.4, -0.2) is 152 Å². The number of aromatic hydroxyl groups is 1. The van der Waals surface area contributed by atoms with Crippen LogP contribution in [0.15, 0.2) is 176 Å². The summed E-state index contributed by atoms with van der Waals surface area (Å²) in [4.78, 5) is 165. The first-order valence-electron chi connectivity index (χ1n) is 52.6. The third-order valence-electron chi connectivity index (χ3n) is 29.6. The number of phenolic OH excluding ortho intramolecular Hbond substituents is 1. The van der Waals surface area contributed by atoms with Crippen molar-refractivity contribution >= 4 is 88.7 Å². The lowest BCUT2D eigenvalue weighted by atomic mass is 9.55. The Labute approximate surface area is 863 Å². The highest BCUT2D eigenvalue weighted by Gasteiger charge is 2.58. The van der Waals surface area contributed by atoms with Crippen molar-refractivity contribution in [3.05, 3.63) is 236 Å². The Morgan fingerprint density at radius 2 is 0.952 bits per heavy atom. The number of rotatable bonds is 49. The van der Waals surface area contributed by atoms with Gasteiger partial charge >= 0.3 is 24.4 Å². The zero-order chi connectivity index (χ0) is 105. The molecule has 4 fully saturated rings. The summed E-state index contributed by atoms with van der Waals surface area (Å²) < 4.78 is 33.4. The fourth-order valence-electron chi connectivity index (χ4n) is 21.9. The molecule has 7 aromatic rings. The zero-order valence-electron chi connectivity index (χ0n) is 85.5. The lowest BCUT2D eigenvalue weighted by molar-refractivity contribution is -0.384. The second-order valence-corrected chi connectivity index (χ2v) is 39.8. The molecule has 12 N–H and O–H groups in total. The second kappa shape index (κ2) is 59.9. The third-order valence-corrected chi connectivity index (χ3v) is 30.0. The van der Waals surface area contributed by atoms with Gasteiger partial charge in [-0.1, -0.05) is 201 Å². The van der Waals surface area contributed by atoms with Crippen LogP contribution < -0.4 is 58.2 Å². The van der Waals surface area contributed by atoms with Gasteiger partial charge in [0.25, 0.3) is 5.69 Å². The van der Waals surface area contributed by atoms with Crippen LogP contribution in [0.3, 0.4) is 0 Å². The maximum atomic E-state index is 13.8. The van der Waals surface area contributed by atoms with E-state index in [1.165, 1.54) is 46.5 Å². The topological polar surface area (TPSA) is 460 Å². The number of hydrogen-bond acceptors (Lipinski definition) is 23. The number of esters is 1. The van der Waals surface area contributed by atoms with E-state index in [4.69, 9.17) is 51.5 Å². The maximum absolute atomic E-state index is 13.8. The molecule has 14 unspecified atom stereocenters. The molecule has 0 heterocycles. The number of carbonyl (C=O) groups excluding carboxylic acids is 12. The van der Waals surface area contributed by atoms with E-state index in [0.717, 1.165) is 127 Å². The molecule has 0 spiro atoms. The van der Waals surface area contributed by atoms with Gasteiger partial charge in [0.1, 0.15) is 36.1 Å². The standard InChI is InChI=1S/C45H64N4O8.C35H50ClN5O6.C32H31NO7.C2H6/c1-3-4-10-25-47-41(52)20-21-42(53)49-38(26-30-11-6-5-7-12-30)39(51)28-32(13-8-9-24-46)43(54)48-29-56-44(55)57-40-19-18-37-36-16-14-31-27-33(50)15-17-34(31)35(36)22-23-45(37,40)2;1-2-3-10-20-38-32(43)17-18-33(44)41-30(23-26-12-5-4-6-13-26)31(42)24-27(34(45)39-22-19-37)14-9-11-21-40-35(46)47-25-28-15-7-8-16-29(28)36;1-32-18-17-26-25-14-12-24(38-30(34)20-5-3-2-4-6-20)19-21(25)7-13-27(26)28(32)15-16-29(32)40-31(35)39-23-10-8-22(9-11-23)33(36)37;1-2/h5-7,11-12,15,17,27,32,35-38,40,50H,3-4,8-10,13-14,16,18-26,28-29,46H2,1-2H3,(H,47,52)(H,48,54)(H,49,53);4-8,12-13,15-16,27,30H,2-3,9-11,14,17-25,37H2,1H3,(H,38,43)(H,39,45)(H,40,46)(H,41,44);2-6,8-12,14,19,26-29H,7,13,15-18H2,1H3;1-2H3. The molecule has 790 valence electrons. The van der Waals surface area contributed by atoms with Crippen molar-refractivity contribution in [3.8, 4) is 17.2 Å². The van der Waals surface area contributed by atoms with Crippen molar-refractivity contribution in [3.63, 3.8) is 0 Å². The van der Waals surface area contributed by atoms with E-state index >= 15 is 0 Å². The number of benzene rings is 7. The van der Waals surface area contributed by atoms with Crippen molar-refractivity contribution in [2.24, 2.45) is 57.8 Å². The first kappa shape index (κ1) is 115. The summed E-state index contributed by atoms with van der Waals surface area (Å²) in [7, 11) is 0. The molecular weight excluding hydrogens is 1880 g/mol. The smallest absolute Gasteiger partial charge is 0.508 e. The van der Waals surface area contributed by atoms with Crippen LogP contribution in [-0.2, 0) is 89.6 Å². The number of Topliss-reactive ketones (excluding diaryl/α,β-unsaturated/α-hetero) is 2. The first-order valence-corrected chi connectivity index (χ1v) is 53.0. The van der Waals surface area contributed by atoms with E-state index in [2.05, 4.69) is 77.0 Å². The van der Waals surface area contributed by atoms with Crippen LogP contribution in [0, 0.1) is 56.5 Å². The second-order valence-electron chi connectivity index (χ2n) is 39.4. The molecule has 6 aliphatic carbocycles. The zero-order valence-corrected chi connectivity index (χ0v) is 86.3. The number of fused-ring (bicyclic) bond motifs is 10. The normalized spacial score (nSPS) is 20.2. The molecular formula is C114H151ClN10O21. The van der Waals surface area contributed by atoms with E-state index in [-0.39, 0.29) is 141 Å². The molecule has 4 saturated carbocycles. The minimum Gasteiger partial charge on any atom is -0.508 e. The number of amides is 7. The van der Waals surface area contributed by atoms with E-state index in [0.29, 0.717) is 128 Å². The van der Waals surface area contributed by atoms with Gasteiger partial charge in [0.05, 0.1) is 22.6 Å². The van der Waals surface area contributed by atoms with Crippen molar-refractivity contribution < 1.29 is 96.0 Å². The Morgan fingerprint density at radius 3 is 1.47 bits per heavy atom. The third kappa shape index (κ3) is 35.1. The molecule has 146 heavy (non-hydrogen) atoms. The number of nitro benzene ring substituents is 1. The first-order chi connectivity index (χ1) is 70.6. The molecule has 0 aromatic heterocycles. The van der Waals surface area contributed by atoms with Gasteiger partial charge in [-0.15, -0.1) is 0 Å². The number of non-ortho nitro benzene ring substituents is 1. The molecule has 0 radical (unpaired) electrons. The summed E-state index contributed by atoms with van der Waals surface area (Å²) in [5.41, 5.74) is 19.1. The summed E-state index contributed by atoms with van der Waals surface area (Å²) in [5, 5.41) is 40.8. The van der Waals surface area contributed by atoms with Crippen molar-refractivity contribution in [1.29, 1.82) is 0 Å². The number of phenols is 1. The van der Waals surface area contributed by atoms with Gasteiger partial charge in [0.2, 0.25) is 35.4 Å². The lowest BCUT2D eigenvalue weighted by Gasteiger charge is -2.50. The van der Waals surface area contributed by atoms with Crippen LogP contribution in [0.25, 0.3) is 0 Å². The van der Waals surface area contributed by atoms with E-state index in [9.17, 15) is 72.8 Å². The van der Waals surface area contributed by atoms with Gasteiger partial charge < -0.3 is 82.2 Å². The van der Waals surface area contributed by atoms with E-state index < -0.39 is 71.7 Å². The SMILES string of the molecule is CC.CC12CCC3c4ccc(OC(=O)c5ccccc5)cc4CCC3C1CCC2OC(=O)Oc1ccc([N+](=O)[O-])cc1.CCCCCNC(=O)CCC(=O)NC(Cc1ccccc1)C(=O)CC(CCCCN)C(=O)NCOC(=O)OC1CCC2C3CCc4cc(O)ccc4C3CCC12C.CCCCCNC(=O)CCC(=O)NC(Cc1ccccc1)C(=O)CC(CCCCNC(=O)OCc1ccccc1Cl)C(=O)NCCN. The molecule has 7 aromatic carbocycles. The van der Waals surface area contributed by atoms with Crippen molar-refractivity contribution in [1.82, 2.24) is 37.2 Å². The predicted molar refractivity (Wildman–Crippen MR) is 557 cm³/mol. The van der Waals surface area contributed by atoms with E-state index in [1.807, 2.05) is 117 Å². The Morgan fingerprint density at radius 1 is 0.479 bits per heavy atom. The molecule has 31 nitrogen and oxygen atoms in total. The van der Waals surface area contributed by atoms with Crippen LogP contribution >= 0.6 is 11.6 Å². The minimum atomic E-state index is -0.896.